The van der Waals surface area contributed by atoms with Gasteiger partial charge >= 0.3 is 0 Å². The van der Waals surface area contributed by atoms with Crippen LogP contribution in [0.3, 0.4) is 0 Å². The molecule has 3 heterocycles. The van der Waals surface area contributed by atoms with E-state index in [1.165, 1.54) is 0 Å². The minimum absolute atomic E-state index is 0.0386. The normalized spacial score (nSPS) is 19.0. The molecule has 0 radical (unpaired) electrons. The molecule has 1 aromatic carbocycles. The summed E-state index contributed by atoms with van der Waals surface area (Å²) in [6.45, 7) is 1.47. The highest BCUT2D eigenvalue weighted by atomic mass is 32.2. The Balaban J connectivity index is 1.10. The van der Waals surface area contributed by atoms with Crippen LogP contribution in [0.15, 0.2) is 72.1 Å². The van der Waals surface area contributed by atoms with Crippen molar-refractivity contribution >= 4 is 29.3 Å². The molecule has 0 bridgehead atoms. The molecule has 1 saturated carbocycles. The monoisotopic (exact) mass is 447 g/mol. The molecule has 8 heteroatoms. The first-order valence-corrected chi connectivity index (χ1v) is 11.8. The summed E-state index contributed by atoms with van der Waals surface area (Å²) in [5.41, 5.74) is 1.82. The van der Waals surface area contributed by atoms with E-state index >= 15 is 0 Å². The number of hydrogen-bond donors (Lipinski definition) is 1. The molecule has 1 saturated heterocycles. The van der Waals surface area contributed by atoms with Crippen LogP contribution in [0.2, 0.25) is 0 Å². The van der Waals surface area contributed by atoms with Gasteiger partial charge in [-0.3, -0.25) is 14.6 Å². The molecule has 2 amide bonds. The largest absolute Gasteiger partial charge is 0.342 e. The Morgan fingerprint density at radius 1 is 1.06 bits per heavy atom. The van der Waals surface area contributed by atoms with Gasteiger partial charge in [-0.25, -0.2) is 4.68 Å². The number of carbonyl (C=O) groups is 2. The number of likely N-dealkylation sites (tertiary alicyclic amines) is 1. The van der Waals surface area contributed by atoms with Gasteiger partial charge in [0.1, 0.15) is 0 Å². The maximum Gasteiger partial charge on any atom is 0.232 e. The second-order valence-electron chi connectivity index (χ2n) is 8.46. The molecule has 3 aromatic rings. The van der Waals surface area contributed by atoms with Gasteiger partial charge in [-0.15, -0.1) is 11.8 Å². The summed E-state index contributed by atoms with van der Waals surface area (Å²) in [4.78, 5) is 32.4. The van der Waals surface area contributed by atoms with Gasteiger partial charge in [0.05, 0.1) is 11.4 Å². The van der Waals surface area contributed by atoms with Crippen LogP contribution in [-0.2, 0) is 9.59 Å². The topological polar surface area (TPSA) is 80.1 Å². The van der Waals surface area contributed by atoms with Crippen molar-refractivity contribution in [2.24, 2.45) is 11.3 Å². The maximum absolute atomic E-state index is 12.8. The lowest BCUT2D eigenvalue weighted by Crippen LogP contribution is -2.41. The molecule has 1 aliphatic carbocycles. The van der Waals surface area contributed by atoms with Crippen LogP contribution in [0, 0.1) is 11.3 Å². The Labute approximate surface area is 191 Å². The van der Waals surface area contributed by atoms with Crippen molar-refractivity contribution in [2.75, 3.05) is 24.2 Å². The van der Waals surface area contributed by atoms with Crippen LogP contribution < -0.4 is 5.32 Å². The average molecular weight is 448 g/mol. The number of amides is 2. The van der Waals surface area contributed by atoms with E-state index in [1.54, 1.807) is 35.0 Å². The molecule has 1 N–H and O–H groups in total. The number of piperidine rings is 1. The van der Waals surface area contributed by atoms with Crippen molar-refractivity contribution < 1.29 is 9.59 Å². The van der Waals surface area contributed by atoms with Gasteiger partial charge < -0.3 is 10.2 Å². The van der Waals surface area contributed by atoms with Gasteiger partial charge in [0.2, 0.25) is 11.8 Å². The van der Waals surface area contributed by atoms with E-state index in [2.05, 4.69) is 15.4 Å². The third-order valence-electron chi connectivity index (χ3n) is 6.53. The average Bonchev–Trinajstić information content (AvgIpc) is 3.25. The molecule has 2 aliphatic rings. The van der Waals surface area contributed by atoms with Crippen molar-refractivity contribution in [3.8, 4) is 5.69 Å². The molecular weight excluding hydrogens is 422 g/mol. The standard InChI is InChI=1S/C24H25N5O2S/c30-22(17-32-20-6-11-25-12-7-20)28-14-8-24(9-15-28)16-21(24)23(31)27-18-2-4-19(5-3-18)29-13-1-10-26-29/h1-7,10-13,21H,8-9,14-17H2,(H,27,31)/t21-/m1/s1. The highest BCUT2D eigenvalue weighted by Crippen LogP contribution is 2.59. The number of aromatic nitrogens is 3. The molecule has 32 heavy (non-hydrogen) atoms. The first-order valence-electron chi connectivity index (χ1n) is 10.8. The number of nitrogens with one attached hydrogen (secondary N) is 1. The Hall–Kier alpha value is -3.13. The molecule has 1 atom stereocenters. The van der Waals surface area contributed by atoms with Crippen molar-refractivity contribution in [3.05, 3.63) is 67.3 Å². The van der Waals surface area contributed by atoms with Gasteiger partial charge in [0.15, 0.2) is 0 Å². The van der Waals surface area contributed by atoms with Crippen LogP contribution in [0.1, 0.15) is 19.3 Å². The molecule has 2 fully saturated rings. The minimum atomic E-state index is 0.0386. The second-order valence-corrected chi connectivity index (χ2v) is 9.51. The summed E-state index contributed by atoms with van der Waals surface area (Å²) in [7, 11) is 0. The molecular formula is C24H25N5O2S. The first kappa shape index (κ1) is 20.8. The third kappa shape index (κ3) is 4.41. The van der Waals surface area contributed by atoms with Crippen molar-refractivity contribution in [1.29, 1.82) is 0 Å². The lowest BCUT2D eigenvalue weighted by Gasteiger charge is -2.32. The van der Waals surface area contributed by atoms with E-state index < -0.39 is 0 Å². The quantitative estimate of drug-likeness (QED) is 0.584. The lowest BCUT2D eigenvalue weighted by molar-refractivity contribution is -0.130. The van der Waals surface area contributed by atoms with Crippen LogP contribution in [0.5, 0.6) is 0 Å². The summed E-state index contributed by atoms with van der Waals surface area (Å²) in [6, 6.07) is 13.4. The van der Waals surface area contributed by atoms with Crippen molar-refractivity contribution in [2.45, 2.75) is 24.2 Å². The van der Waals surface area contributed by atoms with E-state index in [1.807, 2.05) is 53.6 Å². The number of carbonyl (C=O) groups excluding carboxylic acids is 2. The summed E-state index contributed by atoms with van der Waals surface area (Å²) >= 11 is 1.54. The van der Waals surface area contributed by atoms with Gasteiger partial charge in [-0.05, 0) is 67.1 Å². The molecule has 1 spiro atoms. The molecule has 164 valence electrons. The maximum atomic E-state index is 12.8. The zero-order valence-electron chi connectivity index (χ0n) is 17.7. The van der Waals surface area contributed by atoms with E-state index in [0.29, 0.717) is 5.75 Å². The highest BCUT2D eigenvalue weighted by Gasteiger charge is 2.58. The summed E-state index contributed by atoms with van der Waals surface area (Å²) < 4.78 is 1.78. The zero-order valence-corrected chi connectivity index (χ0v) is 18.5. The molecule has 2 aromatic heterocycles. The predicted octanol–water partition coefficient (Wildman–Crippen LogP) is 3.63. The lowest BCUT2D eigenvalue weighted by atomic mass is 9.90. The Bertz CT molecular complexity index is 1080. The minimum Gasteiger partial charge on any atom is -0.342 e. The molecule has 0 unspecified atom stereocenters. The van der Waals surface area contributed by atoms with Crippen LogP contribution in [0.4, 0.5) is 5.69 Å². The fourth-order valence-electron chi connectivity index (χ4n) is 4.49. The van der Waals surface area contributed by atoms with E-state index in [9.17, 15) is 9.59 Å². The van der Waals surface area contributed by atoms with E-state index in [-0.39, 0.29) is 23.1 Å². The number of benzene rings is 1. The van der Waals surface area contributed by atoms with Crippen LogP contribution in [0.25, 0.3) is 5.69 Å². The number of pyridine rings is 1. The molecule has 7 nitrogen and oxygen atoms in total. The van der Waals surface area contributed by atoms with Gasteiger partial charge in [0.25, 0.3) is 0 Å². The van der Waals surface area contributed by atoms with Crippen molar-refractivity contribution in [1.82, 2.24) is 19.7 Å². The Kier molecular flexibility index (Phi) is 5.70. The second kappa shape index (κ2) is 8.78. The Morgan fingerprint density at radius 2 is 1.81 bits per heavy atom. The number of rotatable bonds is 6. The number of anilines is 1. The smallest absolute Gasteiger partial charge is 0.232 e. The first-order chi connectivity index (χ1) is 15.6. The SMILES string of the molecule is O=C(Nc1ccc(-n2cccn2)cc1)[C@H]1CC12CCN(C(=O)CSc1ccncc1)CC2. The number of thioether (sulfide) groups is 1. The zero-order chi connectivity index (χ0) is 22.0. The van der Waals surface area contributed by atoms with E-state index in [0.717, 1.165) is 48.6 Å². The van der Waals surface area contributed by atoms with E-state index in [4.69, 9.17) is 0 Å². The predicted molar refractivity (Wildman–Crippen MR) is 124 cm³/mol. The fourth-order valence-corrected chi connectivity index (χ4v) is 5.28. The van der Waals surface area contributed by atoms with Crippen LogP contribution >= 0.6 is 11.8 Å². The summed E-state index contributed by atoms with van der Waals surface area (Å²) in [5.74, 6) is 0.734. The number of hydrogen-bond acceptors (Lipinski definition) is 5. The third-order valence-corrected chi connectivity index (χ3v) is 7.53. The van der Waals surface area contributed by atoms with Crippen LogP contribution in [-0.4, -0.2) is 50.3 Å². The number of nitrogens with zero attached hydrogens (tertiary/aromatic N) is 4. The fraction of sp³-hybridized carbons (Fsp3) is 0.333. The van der Waals surface area contributed by atoms with Gasteiger partial charge in [0, 0.05) is 54.4 Å². The summed E-state index contributed by atoms with van der Waals surface area (Å²) in [5, 5.41) is 7.28. The molecule has 1 aliphatic heterocycles. The highest BCUT2D eigenvalue weighted by molar-refractivity contribution is 8.00. The van der Waals surface area contributed by atoms with Gasteiger partial charge in [-0.2, -0.15) is 5.10 Å². The Morgan fingerprint density at radius 3 is 2.50 bits per heavy atom. The van der Waals surface area contributed by atoms with Crippen molar-refractivity contribution in [3.63, 3.8) is 0 Å². The van der Waals surface area contributed by atoms with Gasteiger partial charge in [-0.1, -0.05) is 0 Å². The summed E-state index contributed by atoms with van der Waals surface area (Å²) in [6.07, 6.45) is 9.81. The molecule has 5 rings (SSSR count).